The molecule has 1 aromatic carbocycles. The van der Waals surface area contributed by atoms with Crippen LogP contribution in [0.1, 0.15) is 46.0 Å². The normalized spacial score (nSPS) is 15.0. The predicted molar refractivity (Wildman–Crippen MR) is 100 cm³/mol. The van der Waals surface area contributed by atoms with Crippen molar-refractivity contribution in [1.82, 2.24) is 10.3 Å². The lowest BCUT2D eigenvalue weighted by atomic mass is 9.89. The van der Waals surface area contributed by atoms with Crippen molar-refractivity contribution in [3.05, 3.63) is 87.4 Å². The number of pyridine rings is 1. The number of hydrogen-bond acceptors (Lipinski definition) is 3. The largest absolute Gasteiger partial charge is 0.301 e. The summed E-state index contributed by atoms with van der Waals surface area (Å²) < 4.78 is 0. The van der Waals surface area contributed by atoms with Gasteiger partial charge in [0, 0.05) is 23.8 Å². The van der Waals surface area contributed by atoms with Gasteiger partial charge in [0.2, 0.25) is 0 Å². The van der Waals surface area contributed by atoms with Crippen molar-refractivity contribution >= 4 is 11.3 Å². The Labute approximate surface area is 147 Å². The fraction of sp³-hybridized carbons (Fsp3) is 0.286. The maximum atomic E-state index is 4.22. The topological polar surface area (TPSA) is 24.9 Å². The second kappa shape index (κ2) is 7.29. The maximum Gasteiger partial charge on any atom is 0.0673 e. The average molecular weight is 334 g/mol. The Balaban J connectivity index is 1.61. The number of rotatable bonds is 5. The molecule has 4 rings (SSSR count). The van der Waals surface area contributed by atoms with Gasteiger partial charge in [-0.2, -0.15) is 0 Å². The second-order valence-corrected chi connectivity index (χ2v) is 7.41. The molecule has 1 aliphatic carbocycles. The minimum absolute atomic E-state index is 0.248. The molecule has 24 heavy (non-hydrogen) atoms. The van der Waals surface area contributed by atoms with Gasteiger partial charge in [0.1, 0.15) is 0 Å². The van der Waals surface area contributed by atoms with Gasteiger partial charge in [-0.25, -0.2) is 0 Å². The zero-order valence-corrected chi connectivity index (χ0v) is 14.6. The Hall–Kier alpha value is -1.97. The fourth-order valence-electron chi connectivity index (χ4n) is 3.49. The van der Waals surface area contributed by atoms with Gasteiger partial charge in [0.15, 0.2) is 0 Å². The summed E-state index contributed by atoms with van der Waals surface area (Å²) in [5.74, 6) is 0. The summed E-state index contributed by atoms with van der Waals surface area (Å²) in [5.41, 5.74) is 5.68. The smallest absolute Gasteiger partial charge is 0.0673 e. The van der Waals surface area contributed by atoms with Crippen molar-refractivity contribution < 1.29 is 0 Å². The first kappa shape index (κ1) is 15.6. The molecule has 0 radical (unpaired) electrons. The summed E-state index contributed by atoms with van der Waals surface area (Å²) in [6.45, 7) is 0.827. The molecule has 1 N–H and O–H groups in total. The van der Waals surface area contributed by atoms with Gasteiger partial charge in [-0.05, 0) is 65.4 Å². The second-order valence-electron chi connectivity index (χ2n) is 6.43. The van der Waals surface area contributed by atoms with E-state index < -0.39 is 0 Å². The molecule has 0 amide bonds. The Bertz CT molecular complexity index is 781. The van der Waals surface area contributed by atoms with Crippen molar-refractivity contribution in [2.45, 2.75) is 38.3 Å². The summed E-state index contributed by atoms with van der Waals surface area (Å²) in [7, 11) is 0. The van der Waals surface area contributed by atoms with Crippen LogP contribution in [-0.4, -0.2) is 4.98 Å². The van der Waals surface area contributed by atoms with Gasteiger partial charge < -0.3 is 5.32 Å². The average Bonchev–Trinajstić information content (AvgIpc) is 3.17. The van der Waals surface area contributed by atoms with Crippen LogP contribution in [0, 0.1) is 0 Å². The fourth-order valence-corrected chi connectivity index (χ4v) is 4.32. The van der Waals surface area contributed by atoms with Crippen LogP contribution < -0.4 is 5.32 Å². The predicted octanol–water partition coefficient (Wildman–Crippen LogP) is 4.90. The Morgan fingerprint density at radius 1 is 1.04 bits per heavy atom. The van der Waals surface area contributed by atoms with Gasteiger partial charge in [0.25, 0.3) is 0 Å². The van der Waals surface area contributed by atoms with E-state index in [0.29, 0.717) is 0 Å². The molecule has 122 valence electrons. The van der Waals surface area contributed by atoms with Crippen LogP contribution in [0.4, 0.5) is 0 Å². The third-order valence-electron chi connectivity index (χ3n) is 4.77. The van der Waals surface area contributed by atoms with Crippen LogP contribution in [0.5, 0.6) is 0 Å². The zero-order chi connectivity index (χ0) is 16.2. The van der Waals surface area contributed by atoms with Crippen molar-refractivity contribution in [2.75, 3.05) is 0 Å². The molecular formula is C21H22N2S. The van der Waals surface area contributed by atoms with Gasteiger partial charge >= 0.3 is 0 Å². The molecule has 2 nitrogen and oxygen atoms in total. The number of nitrogens with one attached hydrogen (secondary N) is 1. The third kappa shape index (κ3) is 3.42. The van der Waals surface area contributed by atoms with Crippen LogP contribution in [0.3, 0.4) is 0 Å². The van der Waals surface area contributed by atoms with E-state index >= 15 is 0 Å². The summed E-state index contributed by atoms with van der Waals surface area (Å²) in [6.07, 6.45) is 8.88. The number of nitrogens with zero attached hydrogens (tertiary/aromatic N) is 1. The molecule has 2 heterocycles. The van der Waals surface area contributed by atoms with Gasteiger partial charge in [-0.3, -0.25) is 4.98 Å². The molecule has 1 atom stereocenters. The first-order chi connectivity index (χ1) is 11.9. The van der Waals surface area contributed by atoms with E-state index in [0.717, 1.165) is 6.54 Å². The molecule has 0 saturated heterocycles. The molecule has 0 spiro atoms. The maximum absolute atomic E-state index is 4.22. The van der Waals surface area contributed by atoms with E-state index in [1.54, 1.807) is 11.1 Å². The van der Waals surface area contributed by atoms with Gasteiger partial charge in [0.05, 0.1) is 6.04 Å². The standard InChI is InChI=1S/C21H22N2S/c1-2-7-18-13-19(10-9-17(18)6-1)21(20-8-4-12-24-20)23-15-16-5-3-11-22-14-16/h3-5,8-14,21,23H,1-2,6-7,15H2. The molecule has 1 aliphatic rings. The van der Waals surface area contributed by atoms with Crippen LogP contribution >= 0.6 is 11.3 Å². The molecule has 3 heteroatoms. The highest BCUT2D eigenvalue weighted by molar-refractivity contribution is 7.10. The minimum atomic E-state index is 0.248. The summed E-state index contributed by atoms with van der Waals surface area (Å²) in [4.78, 5) is 5.59. The van der Waals surface area contributed by atoms with Gasteiger partial charge in [-0.15, -0.1) is 11.3 Å². The van der Waals surface area contributed by atoms with Crippen molar-refractivity contribution in [3.8, 4) is 0 Å². The van der Waals surface area contributed by atoms with Crippen LogP contribution in [0.25, 0.3) is 0 Å². The highest BCUT2D eigenvalue weighted by Gasteiger charge is 2.17. The van der Waals surface area contributed by atoms with Crippen LogP contribution in [-0.2, 0) is 19.4 Å². The van der Waals surface area contributed by atoms with E-state index in [1.165, 1.54) is 41.7 Å². The number of hydrogen-bond donors (Lipinski definition) is 1. The SMILES string of the molecule is c1cncc(CNC(c2ccc3c(c2)CCCC3)c2cccs2)c1. The van der Waals surface area contributed by atoms with Crippen molar-refractivity contribution in [3.63, 3.8) is 0 Å². The lowest BCUT2D eigenvalue weighted by molar-refractivity contribution is 0.608. The van der Waals surface area contributed by atoms with Gasteiger partial charge in [-0.1, -0.05) is 30.3 Å². The van der Waals surface area contributed by atoms with Crippen LogP contribution in [0.2, 0.25) is 0 Å². The number of aromatic nitrogens is 1. The monoisotopic (exact) mass is 334 g/mol. The molecule has 0 saturated carbocycles. The Morgan fingerprint density at radius 3 is 2.75 bits per heavy atom. The van der Waals surface area contributed by atoms with Crippen molar-refractivity contribution in [2.24, 2.45) is 0 Å². The van der Waals surface area contributed by atoms with E-state index in [4.69, 9.17) is 0 Å². The molecule has 0 bridgehead atoms. The Morgan fingerprint density at radius 2 is 1.96 bits per heavy atom. The molecule has 3 aromatic rings. The van der Waals surface area contributed by atoms with E-state index in [9.17, 15) is 0 Å². The van der Waals surface area contributed by atoms with E-state index in [2.05, 4.69) is 52.1 Å². The van der Waals surface area contributed by atoms with E-state index in [1.807, 2.05) is 29.8 Å². The molecule has 1 unspecified atom stereocenters. The quantitative estimate of drug-likeness (QED) is 0.718. The molecule has 2 aromatic heterocycles. The minimum Gasteiger partial charge on any atom is -0.301 e. The highest BCUT2D eigenvalue weighted by atomic mass is 32.1. The summed E-state index contributed by atoms with van der Waals surface area (Å²) >= 11 is 1.82. The Kier molecular flexibility index (Phi) is 4.72. The summed E-state index contributed by atoms with van der Waals surface area (Å²) in [6, 6.07) is 15.8. The molecular weight excluding hydrogens is 312 g/mol. The van der Waals surface area contributed by atoms with Crippen LogP contribution in [0.15, 0.2) is 60.2 Å². The van der Waals surface area contributed by atoms with E-state index in [-0.39, 0.29) is 6.04 Å². The zero-order valence-electron chi connectivity index (χ0n) is 13.7. The lowest BCUT2D eigenvalue weighted by Crippen LogP contribution is -2.21. The third-order valence-corrected chi connectivity index (χ3v) is 5.70. The first-order valence-corrected chi connectivity index (χ1v) is 9.55. The number of aryl methyl sites for hydroxylation is 2. The summed E-state index contributed by atoms with van der Waals surface area (Å²) in [5, 5.41) is 5.89. The number of fused-ring (bicyclic) bond motifs is 1. The highest BCUT2D eigenvalue weighted by Crippen LogP contribution is 2.30. The van der Waals surface area contributed by atoms with Crippen molar-refractivity contribution in [1.29, 1.82) is 0 Å². The molecule has 0 aliphatic heterocycles. The molecule has 0 fully saturated rings. The number of benzene rings is 1. The first-order valence-electron chi connectivity index (χ1n) is 8.67. The lowest BCUT2D eigenvalue weighted by Gasteiger charge is -2.22. The number of thiophene rings is 1.